The van der Waals surface area contributed by atoms with Crippen LogP contribution in [0.5, 0.6) is 17.2 Å². The van der Waals surface area contributed by atoms with Crippen LogP contribution in [0.1, 0.15) is 5.82 Å². The summed E-state index contributed by atoms with van der Waals surface area (Å²) in [5.41, 5.74) is 2.30. The molecule has 1 aliphatic heterocycles. The monoisotopic (exact) mass is 533 g/mol. The van der Waals surface area contributed by atoms with Gasteiger partial charge in [0.05, 0.1) is 42.4 Å². The number of benzene rings is 2. The number of carbonyl (C=O) groups is 1. The van der Waals surface area contributed by atoms with Crippen molar-refractivity contribution >= 4 is 44.2 Å². The van der Waals surface area contributed by atoms with Gasteiger partial charge in [0.15, 0.2) is 18.1 Å². The van der Waals surface area contributed by atoms with Crippen molar-refractivity contribution in [1.82, 2.24) is 19.9 Å². The zero-order chi connectivity index (χ0) is 26.4. The third kappa shape index (κ3) is 4.28. The minimum absolute atomic E-state index is 0.0203. The fraction of sp³-hybridized carbons (Fsp3) is 0.192. The van der Waals surface area contributed by atoms with Crippen molar-refractivity contribution in [2.75, 3.05) is 25.7 Å². The number of methoxy groups -OCH3 is 1. The molecule has 38 heavy (non-hydrogen) atoms. The number of nitrogens with zero attached hydrogens (tertiary/aromatic N) is 5. The number of hydrogen-bond acceptors (Lipinski definition) is 10. The normalized spacial score (nSPS) is 14.5. The molecule has 0 radical (unpaired) electrons. The fourth-order valence-electron chi connectivity index (χ4n) is 4.00. The van der Waals surface area contributed by atoms with Crippen molar-refractivity contribution in [2.24, 2.45) is 0 Å². The Kier molecular flexibility index (Phi) is 5.87. The SMILES string of the molecule is COc1cnc2c(-c3nc4ccc5c(c4s3)OC[C@@H](OC(=O)N(C)c3cnc(C)nc3)O5)cc(F)cc2c1. The Hall–Kier alpha value is -4.58. The fourth-order valence-corrected chi connectivity index (χ4v) is 5.08. The van der Waals surface area contributed by atoms with Gasteiger partial charge in [0.2, 0.25) is 0 Å². The quantitative estimate of drug-likeness (QED) is 0.311. The summed E-state index contributed by atoms with van der Waals surface area (Å²) in [6, 6.07) is 8.02. The number of fused-ring (bicyclic) bond motifs is 4. The molecule has 12 heteroatoms. The lowest BCUT2D eigenvalue weighted by atomic mass is 10.1. The second-order valence-corrected chi connectivity index (χ2v) is 9.45. The Balaban J connectivity index is 1.27. The van der Waals surface area contributed by atoms with Crippen LogP contribution in [0.25, 0.3) is 31.7 Å². The molecule has 0 unspecified atom stereocenters. The maximum Gasteiger partial charge on any atom is 0.417 e. The molecule has 1 atom stereocenters. The summed E-state index contributed by atoms with van der Waals surface area (Å²) in [6.45, 7) is 1.73. The van der Waals surface area contributed by atoms with Crippen molar-refractivity contribution < 1.29 is 28.1 Å². The van der Waals surface area contributed by atoms with Gasteiger partial charge in [-0.3, -0.25) is 9.88 Å². The summed E-state index contributed by atoms with van der Waals surface area (Å²) in [5, 5.41) is 1.18. The van der Waals surface area contributed by atoms with Crippen molar-refractivity contribution in [3.8, 4) is 27.8 Å². The first-order valence-electron chi connectivity index (χ1n) is 11.5. The van der Waals surface area contributed by atoms with E-state index >= 15 is 0 Å². The predicted molar refractivity (Wildman–Crippen MR) is 138 cm³/mol. The average Bonchev–Trinajstić information content (AvgIpc) is 3.37. The van der Waals surface area contributed by atoms with Gasteiger partial charge in [0.25, 0.3) is 6.29 Å². The van der Waals surface area contributed by atoms with E-state index in [1.54, 1.807) is 38.4 Å². The molecule has 10 nitrogen and oxygen atoms in total. The Bertz CT molecular complexity index is 1690. The minimum atomic E-state index is -0.958. The summed E-state index contributed by atoms with van der Waals surface area (Å²) in [5.74, 6) is 1.61. The van der Waals surface area contributed by atoms with Gasteiger partial charge in [0.1, 0.15) is 27.1 Å². The standard InChI is InChI=1S/C26H20FN5O5S/c1-13-28-9-16(10-29-13)32(2)26(33)37-21-12-35-23-20(36-21)5-4-19-24(23)38-25(31-19)18-8-15(27)6-14-7-17(34-3)11-30-22(14)18/h4-11,21H,12H2,1-3H3/t21-/m1/s1. The molecule has 6 rings (SSSR count). The molecule has 1 amide bonds. The number of anilines is 1. The number of aromatic nitrogens is 4. The molecule has 192 valence electrons. The zero-order valence-corrected chi connectivity index (χ0v) is 21.3. The first-order valence-corrected chi connectivity index (χ1v) is 12.3. The Morgan fingerprint density at radius 2 is 1.97 bits per heavy atom. The minimum Gasteiger partial charge on any atom is -0.495 e. The first kappa shape index (κ1) is 23.8. The average molecular weight is 534 g/mol. The lowest BCUT2D eigenvalue weighted by Crippen LogP contribution is -2.38. The number of thiazole rings is 1. The van der Waals surface area contributed by atoms with Crippen LogP contribution in [0.4, 0.5) is 14.9 Å². The molecule has 0 saturated heterocycles. The van der Waals surface area contributed by atoms with Crippen molar-refractivity contribution in [2.45, 2.75) is 13.2 Å². The van der Waals surface area contributed by atoms with Crippen molar-refractivity contribution in [3.63, 3.8) is 0 Å². The molecule has 0 aliphatic carbocycles. The third-order valence-corrected chi connectivity index (χ3v) is 7.05. The van der Waals surface area contributed by atoms with Gasteiger partial charge < -0.3 is 18.9 Å². The molecule has 5 aromatic rings. The van der Waals surface area contributed by atoms with Gasteiger partial charge in [-0.25, -0.2) is 24.1 Å². The van der Waals surface area contributed by atoms with Gasteiger partial charge in [-0.05, 0) is 37.3 Å². The van der Waals surface area contributed by atoms with Crippen LogP contribution in [0.15, 0.2) is 48.9 Å². The van der Waals surface area contributed by atoms with E-state index in [9.17, 15) is 9.18 Å². The molecule has 0 spiro atoms. The van der Waals surface area contributed by atoms with Gasteiger partial charge in [-0.15, -0.1) is 11.3 Å². The van der Waals surface area contributed by atoms with Gasteiger partial charge in [-0.1, -0.05) is 0 Å². The molecule has 3 aromatic heterocycles. The number of hydrogen-bond donors (Lipinski definition) is 0. The van der Waals surface area contributed by atoms with Gasteiger partial charge >= 0.3 is 6.09 Å². The molecule has 0 saturated carbocycles. The van der Waals surface area contributed by atoms with Crippen LogP contribution in [-0.2, 0) is 4.74 Å². The van der Waals surface area contributed by atoms with Gasteiger partial charge in [-0.2, -0.15) is 0 Å². The smallest absolute Gasteiger partial charge is 0.417 e. The second kappa shape index (κ2) is 9.38. The third-order valence-electron chi connectivity index (χ3n) is 5.95. The topological polar surface area (TPSA) is 109 Å². The Morgan fingerprint density at radius 3 is 2.76 bits per heavy atom. The van der Waals surface area contributed by atoms with Crippen LogP contribution in [0.2, 0.25) is 0 Å². The van der Waals surface area contributed by atoms with Crippen LogP contribution >= 0.6 is 11.3 Å². The number of ether oxygens (including phenoxy) is 4. The van der Waals surface area contributed by atoms with E-state index < -0.39 is 18.2 Å². The van der Waals surface area contributed by atoms with Crippen LogP contribution in [0.3, 0.4) is 0 Å². The van der Waals surface area contributed by atoms with Crippen molar-refractivity contribution in [1.29, 1.82) is 0 Å². The van der Waals surface area contributed by atoms with Crippen LogP contribution < -0.4 is 19.1 Å². The number of pyridine rings is 1. The van der Waals surface area contributed by atoms with E-state index in [2.05, 4.69) is 15.0 Å². The van der Waals surface area contributed by atoms with E-state index in [1.165, 1.54) is 47.9 Å². The van der Waals surface area contributed by atoms with Crippen LogP contribution in [-0.4, -0.2) is 53.1 Å². The van der Waals surface area contributed by atoms with E-state index in [1.807, 2.05) is 0 Å². The molecular formula is C26H20FN5O5S. The summed E-state index contributed by atoms with van der Waals surface area (Å²) in [7, 11) is 3.09. The van der Waals surface area contributed by atoms with Crippen LogP contribution in [0, 0.1) is 12.7 Å². The highest BCUT2D eigenvalue weighted by molar-refractivity contribution is 7.22. The van der Waals surface area contributed by atoms with Gasteiger partial charge in [0, 0.05) is 18.0 Å². The predicted octanol–water partition coefficient (Wildman–Crippen LogP) is 5.13. The zero-order valence-electron chi connectivity index (χ0n) is 20.5. The first-order chi connectivity index (χ1) is 18.4. The number of rotatable bonds is 4. The number of carbonyl (C=O) groups excluding carboxylic acids is 1. The number of aryl methyl sites for hydroxylation is 1. The highest BCUT2D eigenvalue weighted by atomic mass is 32.1. The Morgan fingerprint density at radius 1 is 1.16 bits per heavy atom. The summed E-state index contributed by atoms with van der Waals surface area (Å²) < 4.78 is 37.8. The highest BCUT2D eigenvalue weighted by Gasteiger charge is 2.29. The summed E-state index contributed by atoms with van der Waals surface area (Å²) in [6.07, 6.45) is 3.05. The maximum atomic E-state index is 14.5. The van der Waals surface area contributed by atoms with Crippen molar-refractivity contribution in [3.05, 3.63) is 60.6 Å². The lowest BCUT2D eigenvalue weighted by molar-refractivity contribution is -0.0717. The molecule has 2 aromatic carbocycles. The molecule has 1 aliphatic rings. The van der Waals surface area contributed by atoms with E-state index in [0.717, 1.165) is 4.70 Å². The lowest BCUT2D eigenvalue weighted by Gasteiger charge is -2.27. The number of amides is 1. The van der Waals surface area contributed by atoms with E-state index in [4.69, 9.17) is 23.9 Å². The highest BCUT2D eigenvalue weighted by Crippen LogP contribution is 2.44. The molecule has 0 N–H and O–H groups in total. The molecule has 0 bridgehead atoms. The Labute approximate surface area is 219 Å². The molecule has 0 fully saturated rings. The van der Waals surface area contributed by atoms with E-state index in [0.29, 0.717) is 55.8 Å². The second-order valence-electron chi connectivity index (χ2n) is 8.45. The molecular weight excluding hydrogens is 513 g/mol. The summed E-state index contributed by atoms with van der Waals surface area (Å²) in [4.78, 5) is 31.2. The maximum absolute atomic E-state index is 14.5. The largest absolute Gasteiger partial charge is 0.495 e. The summed E-state index contributed by atoms with van der Waals surface area (Å²) >= 11 is 1.33. The molecule has 4 heterocycles. The van der Waals surface area contributed by atoms with E-state index in [-0.39, 0.29) is 6.61 Å². The number of halogens is 1.